The van der Waals surface area contributed by atoms with E-state index in [9.17, 15) is 9.90 Å². The Balaban J connectivity index is 1.52. The van der Waals surface area contributed by atoms with E-state index < -0.39 is 0 Å². The van der Waals surface area contributed by atoms with Crippen molar-refractivity contribution in [1.82, 2.24) is 10.2 Å². The molecule has 0 aromatic heterocycles. The van der Waals surface area contributed by atoms with Crippen molar-refractivity contribution in [1.29, 1.82) is 0 Å². The van der Waals surface area contributed by atoms with E-state index in [1.54, 1.807) is 7.11 Å². The predicted molar refractivity (Wildman–Crippen MR) is 126 cm³/mol. The van der Waals surface area contributed by atoms with Crippen LogP contribution >= 0.6 is 0 Å². The van der Waals surface area contributed by atoms with Gasteiger partial charge in [0, 0.05) is 31.2 Å². The second-order valence-corrected chi connectivity index (χ2v) is 9.39. The highest BCUT2D eigenvalue weighted by atomic mass is 16.5. The molecule has 0 radical (unpaired) electrons. The van der Waals surface area contributed by atoms with Gasteiger partial charge in [0.15, 0.2) is 0 Å². The molecule has 5 rings (SSSR count). The minimum Gasteiger partial charge on any atom is -0.497 e. The van der Waals surface area contributed by atoms with Crippen molar-refractivity contribution in [3.05, 3.63) is 48.0 Å². The van der Waals surface area contributed by atoms with Gasteiger partial charge in [0.1, 0.15) is 5.75 Å². The Morgan fingerprint density at radius 2 is 1.91 bits per heavy atom. The lowest BCUT2D eigenvalue weighted by molar-refractivity contribution is 0.158. The maximum Gasteiger partial charge on any atom is 0.318 e. The SMILES string of the molecule is COc1cccc(-c2ccc3c(c2)[C@H]2[C@H](CCN2C(=O)NC2CCCC2)[C@H](CO)N3C)c1. The zero-order chi connectivity index (χ0) is 22.2. The molecule has 0 unspecified atom stereocenters. The van der Waals surface area contributed by atoms with Crippen LogP contribution in [0.3, 0.4) is 0 Å². The number of benzene rings is 2. The number of hydrogen-bond donors (Lipinski definition) is 2. The van der Waals surface area contributed by atoms with Crippen LogP contribution in [0.1, 0.15) is 43.7 Å². The van der Waals surface area contributed by atoms with E-state index in [2.05, 4.69) is 41.5 Å². The molecular formula is C26H33N3O3. The van der Waals surface area contributed by atoms with Gasteiger partial charge in [0.25, 0.3) is 0 Å². The summed E-state index contributed by atoms with van der Waals surface area (Å²) in [6.45, 7) is 0.813. The van der Waals surface area contributed by atoms with Crippen LogP contribution in [0.5, 0.6) is 5.75 Å². The number of carbonyl (C=O) groups is 1. The molecule has 2 amide bonds. The van der Waals surface area contributed by atoms with Crippen molar-refractivity contribution < 1.29 is 14.6 Å². The molecule has 6 heteroatoms. The van der Waals surface area contributed by atoms with E-state index in [0.29, 0.717) is 6.04 Å². The highest BCUT2D eigenvalue weighted by Gasteiger charge is 2.48. The maximum atomic E-state index is 13.3. The topological polar surface area (TPSA) is 65.0 Å². The molecule has 2 N–H and O–H groups in total. The summed E-state index contributed by atoms with van der Waals surface area (Å²) in [6.07, 6.45) is 5.45. The number of ether oxygens (including phenoxy) is 1. The van der Waals surface area contributed by atoms with Crippen molar-refractivity contribution in [3.8, 4) is 16.9 Å². The smallest absolute Gasteiger partial charge is 0.318 e. The first-order valence-corrected chi connectivity index (χ1v) is 11.8. The summed E-state index contributed by atoms with van der Waals surface area (Å²) >= 11 is 0. The summed E-state index contributed by atoms with van der Waals surface area (Å²) in [7, 11) is 3.74. The molecule has 170 valence electrons. The van der Waals surface area contributed by atoms with E-state index >= 15 is 0 Å². The fourth-order valence-electron chi connectivity index (χ4n) is 5.99. The number of hydrogen-bond acceptors (Lipinski definition) is 4. The van der Waals surface area contributed by atoms with Crippen molar-refractivity contribution in [2.75, 3.05) is 32.2 Å². The summed E-state index contributed by atoms with van der Waals surface area (Å²) in [5.41, 5.74) is 4.47. The second kappa shape index (κ2) is 8.66. The van der Waals surface area contributed by atoms with Crippen LogP contribution in [-0.4, -0.2) is 55.4 Å². The van der Waals surface area contributed by atoms with E-state index in [0.717, 1.165) is 48.4 Å². The molecule has 0 bridgehead atoms. The third kappa shape index (κ3) is 3.60. The number of fused-ring (bicyclic) bond motifs is 3. The molecule has 6 nitrogen and oxygen atoms in total. The molecule has 2 aromatic rings. The van der Waals surface area contributed by atoms with Gasteiger partial charge in [-0.1, -0.05) is 31.0 Å². The molecule has 2 aromatic carbocycles. The lowest BCUT2D eigenvalue weighted by atomic mass is 9.81. The van der Waals surface area contributed by atoms with Crippen LogP contribution in [0.15, 0.2) is 42.5 Å². The van der Waals surface area contributed by atoms with Gasteiger partial charge >= 0.3 is 6.03 Å². The van der Waals surface area contributed by atoms with E-state index in [1.165, 1.54) is 18.4 Å². The number of likely N-dealkylation sites (tertiary alicyclic amines) is 1. The summed E-state index contributed by atoms with van der Waals surface area (Å²) < 4.78 is 5.42. The molecule has 32 heavy (non-hydrogen) atoms. The van der Waals surface area contributed by atoms with Crippen LogP contribution in [0.25, 0.3) is 11.1 Å². The maximum absolute atomic E-state index is 13.3. The van der Waals surface area contributed by atoms with E-state index in [4.69, 9.17) is 4.74 Å². The number of carbonyl (C=O) groups excluding carboxylic acids is 1. The molecule has 1 aliphatic carbocycles. The third-order valence-corrected chi connectivity index (χ3v) is 7.70. The Hall–Kier alpha value is -2.73. The van der Waals surface area contributed by atoms with Crippen LogP contribution in [0, 0.1) is 5.92 Å². The van der Waals surface area contributed by atoms with Gasteiger partial charge in [-0.25, -0.2) is 4.79 Å². The highest BCUT2D eigenvalue weighted by Crippen LogP contribution is 2.49. The molecular weight excluding hydrogens is 402 g/mol. The van der Waals surface area contributed by atoms with Crippen LogP contribution in [-0.2, 0) is 0 Å². The number of methoxy groups -OCH3 is 1. The highest BCUT2D eigenvalue weighted by molar-refractivity contribution is 5.78. The van der Waals surface area contributed by atoms with Gasteiger partial charge in [-0.05, 0) is 60.2 Å². The fourth-order valence-corrected chi connectivity index (χ4v) is 5.99. The van der Waals surface area contributed by atoms with Crippen LogP contribution < -0.4 is 15.0 Å². The van der Waals surface area contributed by atoms with Crippen molar-refractivity contribution in [2.45, 2.75) is 50.2 Å². The van der Waals surface area contributed by atoms with Crippen LogP contribution in [0.2, 0.25) is 0 Å². The fraction of sp³-hybridized carbons (Fsp3) is 0.500. The molecule has 3 aliphatic rings. The number of anilines is 1. The van der Waals surface area contributed by atoms with Gasteiger partial charge in [-0.3, -0.25) is 0 Å². The van der Waals surface area contributed by atoms with Gasteiger partial charge in [0.05, 0.1) is 25.8 Å². The number of rotatable bonds is 4. The van der Waals surface area contributed by atoms with Crippen LogP contribution in [0.4, 0.5) is 10.5 Å². The predicted octanol–water partition coefficient (Wildman–Crippen LogP) is 4.19. The minimum absolute atomic E-state index is 0.0134. The average Bonchev–Trinajstić information content (AvgIpc) is 3.49. The molecule has 3 atom stereocenters. The van der Waals surface area contributed by atoms with Gasteiger partial charge < -0.3 is 25.0 Å². The Morgan fingerprint density at radius 3 is 2.66 bits per heavy atom. The van der Waals surface area contributed by atoms with Gasteiger partial charge in [0.2, 0.25) is 0 Å². The van der Waals surface area contributed by atoms with Crippen molar-refractivity contribution in [2.24, 2.45) is 5.92 Å². The van der Waals surface area contributed by atoms with Crippen molar-refractivity contribution >= 4 is 11.7 Å². The molecule has 1 saturated carbocycles. The average molecular weight is 436 g/mol. The van der Waals surface area contributed by atoms with E-state index in [1.807, 2.05) is 23.1 Å². The first-order valence-electron chi connectivity index (χ1n) is 11.8. The second-order valence-electron chi connectivity index (χ2n) is 9.39. The number of likely N-dealkylation sites (N-methyl/N-ethyl adjacent to an activating group) is 1. The quantitative estimate of drug-likeness (QED) is 0.756. The standard InChI is InChI=1S/C26H33N3O3/c1-28-23-11-10-18(17-6-5-9-20(14-17)32-2)15-22(23)25-21(24(28)16-30)12-13-29(25)26(31)27-19-7-3-4-8-19/h5-6,9-11,14-15,19,21,24-25,30H,3-4,7-8,12-13,16H2,1-2H3,(H,27,31)/t21-,24+,25-/m1/s1. The summed E-state index contributed by atoms with van der Waals surface area (Å²) in [5, 5.41) is 13.5. The molecule has 1 saturated heterocycles. The Kier molecular flexibility index (Phi) is 5.72. The minimum atomic E-state index is -0.0229. The Bertz CT molecular complexity index is 988. The Morgan fingerprint density at radius 1 is 1.12 bits per heavy atom. The normalized spacial score (nSPS) is 24.9. The zero-order valence-corrected chi connectivity index (χ0v) is 19.0. The Labute approximate surface area is 190 Å². The molecule has 2 fully saturated rings. The largest absolute Gasteiger partial charge is 0.497 e. The number of urea groups is 1. The number of aliphatic hydroxyl groups excluding tert-OH is 1. The molecule has 0 spiro atoms. The molecule has 2 aliphatic heterocycles. The summed E-state index contributed by atoms with van der Waals surface area (Å²) in [5.74, 6) is 1.04. The summed E-state index contributed by atoms with van der Waals surface area (Å²) in [4.78, 5) is 17.5. The number of amides is 2. The zero-order valence-electron chi connectivity index (χ0n) is 19.0. The summed E-state index contributed by atoms with van der Waals surface area (Å²) in [6, 6.07) is 14.9. The molecule has 2 heterocycles. The number of nitrogens with zero attached hydrogens (tertiary/aromatic N) is 2. The van der Waals surface area contributed by atoms with E-state index in [-0.39, 0.29) is 30.6 Å². The van der Waals surface area contributed by atoms with Gasteiger partial charge in [-0.2, -0.15) is 0 Å². The third-order valence-electron chi connectivity index (χ3n) is 7.70. The first kappa shape index (κ1) is 21.1. The number of aliphatic hydroxyl groups is 1. The number of nitrogens with one attached hydrogen (secondary N) is 1. The lowest BCUT2D eigenvalue weighted by Crippen LogP contribution is -2.50. The van der Waals surface area contributed by atoms with Gasteiger partial charge in [-0.15, -0.1) is 0 Å². The monoisotopic (exact) mass is 435 g/mol. The lowest BCUT2D eigenvalue weighted by Gasteiger charge is -2.44. The first-order chi connectivity index (χ1) is 15.6. The van der Waals surface area contributed by atoms with Crippen molar-refractivity contribution in [3.63, 3.8) is 0 Å².